The Morgan fingerprint density at radius 2 is 2.06 bits per heavy atom. The van der Waals surface area contributed by atoms with Gasteiger partial charge in [0.05, 0.1) is 18.0 Å². The number of nitrogens with two attached hydrogens (primary N) is 1. The van der Waals surface area contributed by atoms with Crippen molar-refractivity contribution >= 4 is 23.2 Å². The quantitative estimate of drug-likeness (QED) is 0.482. The Morgan fingerprint density at radius 1 is 1.25 bits per heavy atom. The molecule has 1 fully saturated rings. The Hall–Kier alpha value is -3.60. The van der Waals surface area contributed by atoms with Gasteiger partial charge in [-0.3, -0.25) is 9.48 Å². The van der Waals surface area contributed by atoms with Crippen molar-refractivity contribution in [3.05, 3.63) is 70.3 Å². The Bertz CT molecular complexity index is 1410. The van der Waals surface area contributed by atoms with Gasteiger partial charge in [-0.15, -0.1) is 12.4 Å². The summed E-state index contributed by atoms with van der Waals surface area (Å²) in [6.45, 7) is 0.315. The molecule has 1 aliphatic rings. The van der Waals surface area contributed by atoms with Gasteiger partial charge in [-0.2, -0.15) is 10.4 Å². The highest BCUT2D eigenvalue weighted by Gasteiger charge is 2.26. The normalized spacial score (nSPS) is 12.9. The lowest BCUT2D eigenvalue weighted by molar-refractivity contribution is 0.302. The zero-order chi connectivity index (χ0) is 21.5. The number of fused-ring (bicyclic) bond motifs is 1. The molecule has 7 nitrogen and oxygen atoms in total. The maximum atomic E-state index is 12.2. The fourth-order valence-corrected chi connectivity index (χ4v) is 3.93. The van der Waals surface area contributed by atoms with Gasteiger partial charge < -0.3 is 15.5 Å². The van der Waals surface area contributed by atoms with Gasteiger partial charge in [-0.1, -0.05) is 18.2 Å². The van der Waals surface area contributed by atoms with Crippen molar-refractivity contribution in [2.24, 2.45) is 12.8 Å². The number of ether oxygens (including phenoxy) is 1. The van der Waals surface area contributed by atoms with Gasteiger partial charge in [0.1, 0.15) is 17.4 Å². The van der Waals surface area contributed by atoms with Gasteiger partial charge in [-0.05, 0) is 47.6 Å². The first-order valence-corrected chi connectivity index (χ1v) is 10.2. The van der Waals surface area contributed by atoms with Crippen LogP contribution in [0.1, 0.15) is 24.0 Å². The average Bonchev–Trinajstić information content (AvgIpc) is 3.52. The molecule has 0 radical (unpaired) electrons. The summed E-state index contributed by atoms with van der Waals surface area (Å²) in [5.41, 5.74) is 10.4. The molecule has 8 heteroatoms. The minimum absolute atomic E-state index is 0. The van der Waals surface area contributed by atoms with Crippen LogP contribution in [0.3, 0.4) is 0 Å². The van der Waals surface area contributed by atoms with Crippen LogP contribution in [0.5, 0.6) is 5.75 Å². The summed E-state index contributed by atoms with van der Waals surface area (Å²) in [5, 5.41) is 15.8. The van der Waals surface area contributed by atoms with Crippen molar-refractivity contribution in [3.63, 3.8) is 0 Å². The molecule has 0 aliphatic heterocycles. The van der Waals surface area contributed by atoms with Gasteiger partial charge in [0, 0.05) is 36.3 Å². The molecule has 1 aliphatic carbocycles. The molecule has 4 aromatic rings. The van der Waals surface area contributed by atoms with Crippen molar-refractivity contribution < 1.29 is 4.74 Å². The van der Waals surface area contributed by atoms with E-state index < -0.39 is 0 Å². The number of aromatic amines is 1. The van der Waals surface area contributed by atoms with Crippen LogP contribution >= 0.6 is 12.4 Å². The minimum atomic E-state index is -0.151. The zero-order valence-corrected chi connectivity index (χ0v) is 18.3. The monoisotopic (exact) mass is 447 g/mol. The first-order valence-electron chi connectivity index (χ1n) is 10.2. The lowest BCUT2D eigenvalue weighted by Gasteiger charge is -2.13. The van der Waals surface area contributed by atoms with Crippen LogP contribution in [-0.2, 0) is 13.6 Å². The van der Waals surface area contributed by atoms with Crippen LogP contribution in [0.15, 0.2) is 53.6 Å². The molecule has 0 bridgehead atoms. The van der Waals surface area contributed by atoms with Crippen molar-refractivity contribution in [3.8, 4) is 34.2 Å². The summed E-state index contributed by atoms with van der Waals surface area (Å²) in [7, 11) is 1.85. The van der Waals surface area contributed by atoms with Crippen LogP contribution in [0.2, 0.25) is 0 Å². The number of hydrogen-bond acceptors (Lipinski definition) is 5. The third-order valence-electron chi connectivity index (χ3n) is 5.67. The number of nitriles is 1. The standard InChI is InChI=1S/C24H21N5O2.ClH/c1-29-23(17-3-2-4-22(20(17)11-26)31-16-6-7-16)21(13-28-29)14-5-8-18-19(9-14)15(10-25)12-27-24(18)30;/h2-5,8-9,12-13,16H,6-7,10,25H2,1H3,(H,27,30);1H. The summed E-state index contributed by atoms with van der Waals surface area (Å²) in [4.78, 5) is 15.0. The van der Waals surface area contributed by atoms with E-state index >= 15 is 0 Å². The van der Waals surface area contributed by atoms with E-state index in [-0.39, 0.29) is 24.1 Å². The van der Waals surface area contributed by atoms with Crippen LogP contribution in [0.25, 0.3) is 33.2 Å². The number of benzene rings is 2. The van der Waals surface area contributed by atoms with Crippen molar-refractivity contribution in [1.29, 1.82) is 5.26 Å². The van der Waals surface area contributed by atoms with Gasteiger partial charge in [0.2, 0.25) is 0 Å². The summed E-state index contributed by atoms with van der Waals surface area (Å²) >= 11 is 0. The third-order valence-corrected chi connectivity index (χ3v) is 5.67. The largest absolute Gasteiger partial charge is 0.489 e. The molecular formula is C24H22ClN5O2. The summed E-state index contributed by atoms with van der Waals surface area (Å²) in [6.07, 6.45) is 5.67. The molecule has 0 spiro atoms. The van der Waals surface area contributed by atoms with Gasteiger partial charge in [0.25, 0.3) is 5.56 Å². The number of aromatic nitrogens is 3. The lowest BCUT2D eigenvalue weighted by atomic mass is 9.95. The van der Waals surface area contributed by atoms with Crippen LogP contribution < -0.4 is 16.0 Å². The molecule has 3 N–H and O–H groups in total. The van der Waals surface area contributed by atoms with E-state index in [1.807, 2.05) is 37.4 Å². The SMILES string of the molecule is Cl.Cn1ncc(-c2ccc3c(=O)[nH]cc(CN)c3c2)c1-c1cccc(OC2CC2)c1C#N. The van der Waals surface area contributed by atoms with Crippen molar-refractivity contribution in [2.75, 3.05) is 0 Å². The molecule has 5 rings (SSSR count). The molecule has 0 saturated heterocycles. The number of nitrogens with one attached hydrogen (secondary N) is 1. The molecule has 2 aromatic carbocycles. The second-order valence-electron chi connectivity index (χ2n) is 7.75. The van der Waals surface area contributed by atoms with E-state index in [0.29, 0.717) is 23.2 Å². The number of H-pyrrole nitrogens is 1. The summed E-state index contributed by atoms with van der Waals surface area (Å²) in [6, 6.07) is 13.6. The van der Waals surface area contributed by atoms with Gasteiger partial charge in [-0.25, -0.2) is 0 Å². The molecule has 2 aromatic heterocycles. The smallest absolute Gasteiger partial charge is 0.255 e. The van der Waals surface area contributed by atoms with Crippen LogP contribution in [0.4, 0.5) is 0 Å². The van der Waals surface area contributed by atoms with E-state index in [4.69, 9.17) is 10.5 Å². The number of halogens is 1. The van der Waals surface area contributed by atoms with Gasteiger partial charge >= 0.3 is 0 Å². The van der Waals surface area contributed by atoms with E-state index in [9.17, 15) is 10.1 Å². The van der Waals surface area contributed by atoms with E-state index in [2.05, 4.69) is 16.2 Å². The Kier molecular flexibility index (Phi) is 5.74. The highest BCUT2D eigenvalue weighted by atomic mass is 35.5. The van der Waals surface area contributed by atoms with Gasteiger partial charge in [0.15, 0.2) is 0 Å². The minimum Gasteiger partial charge on any atom is -0.489 e. The molecule has 32 heavy (non-hydrogen) atoms. The molecule has 1 saturated carbocycles. The predicted octanol–water partition coefficient (Wildman–Crippen LogP) is 3.89. The lowest BCUT2D eigenvalue weighted by Crippen LogP contribution is -2.09. The predicted molar refractivity (Wildman–Crippen MR) is 126 cm³/mol. The maximum absolute atomic E-state index is 12.2. The summed E-state index contributed by atoms with van der Waals surface area (Å²) < 4.78 is 7.73. The molecule has 162 valence electrons. The Labute approximate surface area is 190 Å². The fraction of sp³-hybridized carbons (Fsp3) is 0.208. The fourth-order valence-electron chi connectivity index (χ4n) is 3.93. The Balaban J connectivity index is 0.00000245. The second kappa shape index (κ2) is 8.50. The number of aryl methyl sites for hydroxylation is 1. The summed E-state index contributed by atoms with van der Waals surface area (Å²) in [5.74, 6) is 0.602. The van der Waals surface area contributed by atoms with E-state index in [1.54, 1.807) is 23.1 Å². The highest BCUT2D eigenvalue weighted by Crippen LogP contribution is 2.39. The molecule has 0 unspecified atom stereocenters. The molecule has 2 heterocycles. The molecular weight excluding hydrogens is 426 g/mol. The number of hydrogen-bond donors (Lipinski definition) is 2. The van der Waals surface area contributed by atoms with E-state index in [1.165, 1.54) is 0 Å². The Morgan fingerprint density at radius 3 is 2.78 bits per heavy atom. The van der Waals surface area contributed by atoms with Crippen molar-refractivity contribution in [2.45, 2.75) is 25.5 Å². The second-order valence-corrected chi connectivity index (χ2v) is 7.75. The number of pyridine rings is 1. The first-order chi connectivity index (χ1) is 15.1. The topological polar surface area (TPSA) is 110 Å². The van der Waals surface area contributed by atoms with Crippen LogP contribution in [0, 0.1) is 11.3 Å². The number of rotatable bonds is 5. The van der Waals surface area contributed by atoms with Crippen molar-refractivity contribution in [1.82, 2.24) is 14.8 Å². The third kappa shape index (κ3) is 3.64. The molecule has 0 atom stereocenters. The van der Waals surface area contributed by atoms with Crippen LogP contribution in [-0.4, -0.2) is 20.9 Å². The maximum Gasteiger partial charge on any atom is 0.255 e. The number of nitrogens with zero attached hydrogens (tertiary/aromatic N) is 3. The molecule has 0 amide bonds. The average molecular weight is 448 g/mol. The highest BCUT2D eigenvalue weighted by molar-refractivity contribution is 5.92. The van der Waals surface area contributed by atoms with E-state index in [0.717, 1.165) is 46.2 Å². The zero-order valence-electron chi connectivity index (χ0n) is 17.5. The first kappa shape index (κ1) is 21.6.